The Morgan fingerprint density at radius 1 is 0.871 bits per heavy atom. The van der Waals surface area contributed by atoms with Crippen molar-refractivity contribution < 1.29 is 9.59 Å². The van der Waals surface area contributed by atoms with E-state index in [1.165, 1.54) is 11.1 Å². The van der Waals surface area contributed by atoms with Crippen molar-refractivity contribution in [1.29, 1.82) is 0 Å². The number of benzene rings is 3. The molecule has 2 amide bonds. The topological polar surface area (TPSA) is 40.6 Å². The molecule has 4 nitrogen and oxygen atoms in total. The molecule has 2 heterocycles. The van der Waals surface area contributed by atoms with Gasteiger partial charge in [0.05, 0.1) is 0 Å². The summed E-state index contributed by atoms with van der Waals surface area (Å²) in [6.07, 6.45) is 3.51. The first-order valence-corrected chi connectivity index (χ1v) is 11.3. The van der Waals surface area contributed by atoms with E-state index in [9.17, 15) is 9.59 Å². The molecule has 1 saturated heterocycles. The van der Waals surface area contributed by atoms with Crippen LogP contribution in [0.15, 0.2) is 60.7 Å². The van der Waals surface area contributed by atoms with Crippen LogP contribution < -0.4 is 4.90 Å². The Morgan fingerprint density at radius 2 is 1.61 bits per heavy atom. The van der Waals surface area contributed by atoms with Gasteiger partial charge in [0.1, 0.15) is 0 Å². The fraction of sp³-hybridized carbons (Fsp3) is 0.333. The second kappa shape index (κ2) is 8.18. The summed E-state index contributed by atoms with van der Waals surface area (Å²) in [5.74, 6) is 0.288. The van der Waals surface area contributed by atoms with Crippen LogP contribution >= 0.6 is 0 Å². The molecule has 0 atom stereocenters. The Labute approximate surface area is 183 Å². The van der Waals surface area contributed by atoms with Crippen molar-refractivity contribution in [3.05, 3.63) is 77.4 Å². The van der Waals surface area contributed by atoms with E-state index >= 15 is 0 Å². The largest absolute Gasteiger partial charge is 0.339 e. The van der Waals surface area contributed by atoms with Crippen LogP contribution in [-0.4, -0.2) is 36.3 Å². The highest BCUT2D eigenvalue weighted by molar-refractivity contribution is 6.07. The molecule has 3 aromatic carbocycles. The standard InChI is InChI=1S/C27H28N2O2/c1-19-7-4-10-21-11-6-16-29(25(19)21)26(30)22-14-17-28(18-15-22)27(31)24-13-5-9-20-8-2-3-12-23(20)24/h2-5,7-10,12-13,22H,6,11,14-18H2,1H3. The van der Waals surface area contributed by atoms with E-state index in [0.717, 1.165) is 54.3 Å². The first kappa shape index (κ1) is 19.8. The molecule has 3 aromatic rings. The lowest BCUT2D eigenvalue weighted by molar-refractivity contribution is -0.123. The summed E-state index contributed by atoms with van der Waals surface area (Å²) in [5, 5.41) is 2.08. The molecule has 0 aromatic heterocycles. The first-order valence-electron chi connectivity index (χ1n) is 11.3. The maximum absolute atomic E-state index is 13.4. The van der Waals surface area contributed by atoms with E-state index in [1.54, 1.807) is 0 Å². The molecular weight excluding hydrogens is 384 g/mol. The van der Waals surface area contributed by atoms with Crippen LogP contribution in [0.5, 0.6) is 0 Å². The number of anilines is 1. The van der Waals surface area contributed by atoms with Crippen molar-refractivity contribution in [1.82, 2.24) is 4.90 Å². The molecule has 0 bridgehead atoms. The molecule has 4 heteroatoms. The van der Waals surface area contributed by atoms with Crippen LogP contribution in [0.2, 0.25) is 0 Å². The van der Waals surface area contributed by atoms with Gasteiger partial charge in [0.2, 0.25) is 5.91 Å². The third kappa shape index (κ3) is 3.60. The average molecular weight is 413 g/mol. The van der Waals surface area contributed by atoms with Gasteiger partial charge in [-0.05, 0) is 60.6 Å². The van der Waals surface area contributed by atoms with Gasteiger partial charge < -0.3 is 9.80 Å². The zero-order valence-corrected chi connectivity index (χ0v) is 18.0. The summed E-state index contributed by atoms with van der Waals surface area (Å²) in [5.41, 5.74) is 4.33. The van der Waals surface area contributed by atoms with E-state index < -0.39 is 0 Å². The van der Waals surface area contributed by atoms with Crippen LogP contribution in [0.3, 0.4) is 0 Å². The van der Waals surface area contributed by atoms with Crippen molar-refractivity contribution in [3.63, 3.8) is 0 Å². The molecule has 0 saturated carbocycles. The monoisotopic (exact) mass is 412 g/mol. The zero-order chi connectivity index (χ0) is 21.4. The van der Waals surface area contributed by atoms with Gasteiger partial charge in [0.15, 0.2) is 0 Å². The number of piperidine rings is 1. The third-order valence-corrected chi connectivity index (χ3v) is 6.84. The number of amides is 2. The molecule has 0 radical (unpaired) electrons. The lowest BCUT2D eigenvalue weighted by Gasteiger charge is -2.37. The van der Waals surface area contributed by atoms with Crippen LogP contribution in [0.25, 0.3) is 10.8 Å². The Morgan fingerprint density at radius 3 is 2.45 bits per heavy atom. The van der Waals surface area contributed by atoms with Crippen molar-refractivity contribution in [2.24, 2.45) is 5.92 Å². The van der Waals surface area contributed by atoms with E-state index in [4.69, 9.17) is 0 Å². The van der Waals surface area contributed by atoms with Crippen LogP contribution in [0.1, 0.15) is 40.7 Å². The van der Waals surface area contributed by atoms with E-state index in [-0.39, 0.29) is 17.7 Å². The average Bonchev–Trinajstić information content (AvgIpc) is 2.83. The summed E-state index contributed by atoms with van der Waals surface area (Å²) in [4.78, 5) is 30.6. The summed E-state index contributed by atoms with van der Waals surface area (Å²) < 4.78 is 0. The molecule has 31 heavy (non-hydrogen) atoms. The minimum atomic E-state index is -0.0119. The van der Waals surface area contributed by atoms with Crippen molar-refractivity contribution >= 4 is 28.3 Å². The summed E-state index contributed by atoms with van der Waals surface area (Å²) >= 11 is 0. The van der Waals surface area contributed by atoms with Crippen molar-refractivity contribution in [3.8, 4) is 0 Å². The smallest absolute Gasteiger partial charge is 0.254 e. The minimum Gasteiger partial charge on any atom is -0.339 e. The quantitative estimate of drug-likeness (QED) is 0.596. The normalized spacial score (nSPS) is 16.9. The number of rotatable bonds is 2. The molecule has 0 N–H and O–H groups in total. The van der Waals surface area contributed by atoms with Crippen molar-refractivity contribution in [2.75, 3.05) is 24.5 Å². The number of likely N-dealkylation sites (tertiary alicyclic amines) is 1. The SMILES string of the molecule is Cc1cccc2c1N(C(=O)C1CCN(C(=O)c3cccc4ccccc34)CC1)CCC2. The number of carbonyl (C=O) groups is 2. The van der Waals surface area contributed by atoms with Crippen LogP contribution in [-0.2, 0) is 11.2 Å². The van der Waals surface area contributed by atoms with Gasteiger partial charge in [-0.1, -0.05) is 54.6 Å². The third-order valence-electron chi connectivity index (χ3n) is 6.84. The van der Waals surface area contributed by atoms with Gasteiger partial charge in [-0.15, -0.1) is 0 Å². The highest BCUT2D eigenvalue weighted by Gasteiger charge is 2.33. The van der Waals surface area contributed by atoms with Gasteiger partial charge in [0, 0.05) is 36.8 Å². The zero-order valence-electron chi connectivity index (χ0n) is 18.0. The molecular formula is C27H28N2O2. The molecule has 158 valence electrons. The molecule has 0 spiro atoms. The maximum Gasteiger partial charge on any atom is 0.254 e. The fourth-order valence-corrected chi connectivity index (χ4v) is 5.20. The number of hydrogen-bond acceptors (Lipinski definition) is 2. The number of para-hydroxylation sites is 1. The molecule has 0 aliphatic carbocycles. The summed E-state index contributed by atoms with van der Waals surface area (Å²) in [7, 11) is 0. The van der Waals surface area contributed by atoms with Gasteiger partial charge >= 0.3 is 0 Å². The lowest BCUT2D eigenvalue weighted by atomic mass is 9.91. The predicted octanol–water partition coefficient (Wildman–Crippen LogP) is 4.98. The summed E-state index contributed by atoms with van der Waals surface area (Å²) in [6, 6.07) is 20.2. The second-order valence-corrected chi connectivity index (χ2v) is 8.77. The minimum absolute atomic E-state index is 0.0119. The van der Waals surface area contributed by atoms with Crippen molar-refractivity contribution in [2.45, 2.75) is 32.6 Å². The van der Waals surface area contributed by atoms with Gasteiger partial charge in [-0.3, -0.25) is 9.59 Å². The molecule has 2 aliphatic rings. The van der Waals surface area contributed by atoms with E-state index in [2.05, 4.69) is 25.1 Å². The molecule has 0 unspecified atom stereocenters. The molecule has 5 rings (SSSR count). The van der Waals surface area contributed by atoms with E-state index in [1.807, 2.05) is 52.3 Å². The fourth-order valence-electron chi connectivity index (χ4n) is 5.20. The van der Waals surface area contributed by atoms with Gasteiger partial charge in [-0.25, -0.2) is 0 Å². The summed E-state index contributed by atoms with van der Waals surface area (Å²) in [6.45, 7) is 4.15. The number of fused-ring (bicyclic) bond motifs is 2. The number of hydrogen-bond donors (Lipinski definition) is 0. The van der Waals surface area contributed by atoms with Crippen LogP contribution in [0, 0.1) is 12.8 Å². The Kier molecular flexibility index (Phi) is 5.23. The first-order chi connectivity index (χ1) is 15.1. The molecule has 2 aliphatic heterocycles. The lowest BCUT2D eigenvalue weighted by Crippen LogP contribution is -2.46. The number of nitrogens with zero attached hydrogens (tertiary/aromatic N) is 2. The maximum atomic E-state index is 13.4. The van der Waals surface area contributed by atoms with Crippen LogP contribution in [0.4, 0.5) is 5.69 Å². The number of aryl methyl sites for hydroxylation is 2. The van der Waals surface area contributed by atoms with Gasteiger partial charge in [-0.2, -0.15) is 0 Å². The predicted molar refractivity (Wildman–Crippen MR) is 124 cm³/mol. The van der Waals surface area contributed by atoms with Gasteiger partial charge in [0.25, 0.3) is 5.91 Å². The second-order valence-electron chi connectivity index (χ2n) is 8.77. The highest BCUT2D eigenvalue weighted by Crippen LogP contribution is 2.33. The Bertz CT molecular complexity index is 1140. The Hall–Kier alpha value is -3.14. The Balaban J connectivity index is 1.30. The number of carbonyl (C=O) groups excluding carboxylic acids is 2. The highest BCUT2D eigenvalue weighted by atomic mass is 16.2. The molecule has 1 fully saturated rings. The van der Waals surface area contributed by atoms with E-state index in [0.29, 0.717) is 13.1 Å².